The fourth-order valence-electron chi connectivity index (χ4n) is 1.53. The molecule has 0 bridgehead atoms. The molecule has 1 aliphatic rings. The lowest BCUT2D eigenvalue weighted by molar-refractivity contribution is 0.249. The second kappa shape index (κ2) is 4.78. The van der Waals surface area contributed by atoms with Crippen LogP contribution < -0.4 is 9.44 Å². The Morgan fingerprint density at radius 1 is 1.40 bits per heavy atom. The zero-order valence-corrected chi connectivity index (χ0v) is 10.1. The maximum atomic E-state index is 11.4. The zero-order chi connectivity index (χ0) is 11.5. The van der Waals surface area contributed by atoms with Crippen LogP contribution in [0, 0.1) is 5.41 Å². The molecule has 0 unspecified atom stereocenters. The van der Waals surface area contributed by atoms with Crippen LogP contribution in [0.15, 0.2) is 0 Å². The van der Waals surface area contributed by atoms with E-state index in [1.807, 2.05) is 0 Å². The highest BCUT2D eigenvalue weighted by Gasteiger charge is 2.42. The Morgan fingerprint density at radius 2 is 2.00 bits per heavy atom. The van der Waals surface area contributed by atoms with Gasteiger partial charge < -0.3 is 5.11 Å². The quantitative estimate of drug-likeness (QED) is 0.581. The summed E-state index contributed by atoms with van der Waals surface area (Å²) in [4.78, 5) is 0. The van der Waals surface area contributed by atoms with Crippen molar-refractivity contribution in [1.82, 2.24) is 9.44 Å². The third-order valence-corrected chi connectivity index (χ3v) is 3.93. The Labute approximate surface area is 91.4 Å². The third-order valence-electron chi connectivity index (χ3n) is 2.63. The average Bonchev–Trinajstić information content (AvgIpc) is 2.81. The fourth-order valence-corrected chi connectivity index (χ4v) is 2.73. The number of rotatable bonds is 7. The number of aliphatic hydroxyl groups excluding tert-OH is 1. The van der Waals surface area contributed by atoms with Gasteiger partial charge in [0.1, 0.15) is 0 Å². The normalized spacial score (nSPS) is 19.5. The van der Waals surface area contributed by atoms with Gasteiger partial charge in [0.05, 0.1) is 0 Å². The van der Waals surface area contributed by atoms with Gasteiger partial charge in [-0.2, -0.15) is 13.1 Å². The molecule has 1 aliphatic carbocycles. The van der Waals surface area contributed by atoms with Gasteiger partial charge in [0, 0.05) is 19.2 Å². The highest BCUT2D eigenvalue weighted by molar-refractivity contribution is 7.87. The molecular formula is C9H20N2O3S. The SMILES string of the molecule is CC(C)NS(=O)(=O)NCC1(CCO)CC1. The van der Waals surface area contributed by atoms with Gasteiger partial charge in [-0.05, 0) is 38.5 Å². The van der Waals surface area contributed by atoms with Gasteiger partial charge in [-0.3, -0.25) is 0 Å². The third kappa shape index (κ3) is 4.46. The first kappa shape index (κ1) is 12.9. The Balaban J connectivity index is 2.36. The molecule has 0 aromatic heterocycles. The monoisotopic (exact) mass is 236 g/mol. The van der Waals surface area contributed by atoms with Gasteiger partial charge in [-0.1, -0.05) is 0 Å². The molecule has 0 aromatic carbocycles. The predicted molar refractivity (Wildman–Crippen MR) is 58.6 cm³/mol. The molecule has 0 atom stereocenters. The van der Waals surface area contributed by atoms with E-state index in [0.717, 1.165) is 12.8 Å². The summed E-state index contributed by atoms with van der Waals surface area (Å²) in [6, 6.07) is -0.101. The van der Waals surface area contributed by atoms with Crippen LogP contribution in [0.2, 0.25) is 0 Å². The molecule has 3 N–H and O–H groups in total. The van der Waals surface area contributed by atoms with Crippen molar-refractivity contribution >= 4 is 10.2 Å². The number of aliphatic hydroxyl groups is 1. The van der Waals surface area contributed by atoms with Crippen molar-refractivity contribution in [3.8, 4) is 0 Å². The van der Waals surface area contributed by atoms with Crippen LogP contribution in [0.25, 0.3) is 0 Å². The summed E-state index contributed by atoms with van der Waals surface area (Å²) < 4.78 is 27.9. The summed E-state index contributed by atoms with van der Waals surface area (Å²) in [5, 5.41) is 8.82. The highest BCUT2D eigenvalue weighted by atomic mass is 32.2. The van der Waals surface area contributed by atoms with Crippen LogP contribution in [-0.2, 0) is 10.2 Å². The van der Waals surface area contributed by atoms with E-state index in [0.29, 0.717) is 13.0 Å². The van der Waals surface area contributed by atoms with Gasteiger partial charge in [-0.15, -0.1) is 0 Å². The highest BCUT2D eigenvalue weighted by Crippen LogP contribution is 2.47. The number of hydrogen-bond donors (Lipinski definition) is 3. The summed E-state index contributed by atoms with van der Waals surface area (Å²) in [6.45, 7) is 4.11. The van der Waals surface area contributed by atoms with Crippen molar-refractivity contribution in [2.75, 3.05) is 13.2 Å². The van der Waals surface area contributed by atoms with Gasteiger partial charge in [0.15, 0.2) is 0 Å². The molecule has 1 rings (SSSR count). The number of nitrogens with one attached hydrogen (secondary N) is 2. The van der Waals surface area contributed by atoms with Crippen molar-refractivity contribution in [2.24, 2.45) is 5.41 Å². The topological polar surface area (TPSA) is 78.4 Å². The van der Waals surface area contributed by atoms with Crippen molar-refractivity contribution in [3.05, 3.63) is 0 Å². The molecule has 1 saturated carbocycles. The molecule has 0 aromatic rings. The Hall–Kier alpha value is -0.170. The van der Waals surface area contributed by atoms with Crippen LogP contribution in [-0.4, -0.2) is 32.7 Å². The molecule has 6 heteroatoms. The van der Waals surface area contributed by atoms with Gasteiger partial charge in [0.25, 0.3) is 10.2 Å². The molecule has 0 saturated heterocycles. The molecule has 5 nitrogen and oxygen atoms in total. The minimum Gasteiger partial charge on any atom is -0.396 e. The Bertz CT molecular complexity index is 296. The number of hydrogen-bond acceptors (Lipinski definition) is 3. The van der Waals surface area contributed by atoms with Crippen LogP contribution >= 0.6 is 0 Å². The van der Waals surface area contributed by atoms with E-state index in [1.165, 1.54) is 0 Å². The first-order valence-electron chi connectivity index (χ1n) is 5.27. The van der Waals surface area contributed by atoms with Crippen molar-refractivity contribution in [3.63, 3.8) is 0 Å². The second-order valence-electron chi connectivity index (χ2n) is 4.57. The van der Waals surface area contributed by atoms with E-state index in [9.17, 15) is 8.42 Å². The van der Waals surface area contributed by atoms with E-state index in [2.05, 4.69) is 9.44 Å². The second-order valence-corrected chi connectivity index (χ2v) is 6.10. The molecule has 0 spiro atoms. The minimum absolute atomic E-state index is 0.0144. The standard InChI is InChI=1S/C9H20N2O3S/c1-8(2)11-15(13,14)10-7-9(3-4-9)5-6-12/h8,10-12H,3-7H2,1-2H3. The van der Waals surface area contributed by atoms with Crippen molar-refractivity contribution in [1.29, 1.82) is 0 Å². The lowest BCUT2D eigenvalue weighted by Crippen LogP contribution is -2.42. The summed E-state index contributed by atoms with van der Waals surface area (Å²) in [5.74, 6) is 0. The molecule has 0 heterocycles. The summed E-state index contributed by atoms with van der Waals surface area (Å²) in [6.07, 6.45) is 2.67. The zero-order valence-electron chi connectivity index (χ0n) is 9.28. The van der Waals surface area contributed by atoms with Gasteiger partial charge >= 0.3 is 0 Å². The first-order chi connectivity index (χ1) is 6.89. The summed E-state index contributed by atoms with van der Waals surface area (Å²) >= 11 is 0. The maximum Gasteiger partial charge on any atom is 0.277 e. The molecule has 90 valence electrons. The van der Waals surface area contributed by atoms with E-state index < -0.39 is 10.2 Å². The first-order valence-corrected chi connectivity index (χ1v) is 6.75. The minimum atomic E-state index is -3.37. The lowest BCUT2D eigenvalue weighted by atomic mass is 10.0. The van der Waals surface area contributed by atoms with Crippen LogP contribution in [0.5, 0.6) is 0 Å². The van der Waals surface area contributed by atoms with Gasteiger partial charge in [0.2, 0.25) is 0 Å². The van der Waals surface area contributed by atoms with Crippen LogP contribution in [0.1, 0.15) is 33.1 Å². The molecule has 15 heavy (non-hydrogen) atoms. The molecule has 0 amide bonds. The maximum absolute atomic E-state index is 11.4. The van der Waals surface area contributed by atoms with Crippen molar-refractivity contribution in [2.45, 2.75) is 39.2 Å². The van der Waals surface area contributed by atoms with E-state index in [4.69, 9.17) is 5.11 Å². The summed E-state index contributed by atoms with van der Waals surface area (Å²) in [7, 11) is -3.37. The van der Waals surface area contributed by atoms with Crippen LogP contribution in [0.4, 0.5) is 0 Å². The van der Waals surface area contributed by atoms with E-state index in [-0.39, 0.29) is 18.1 Å². The molecule has 0 radical (unpaired) electrons. The lowest BCUT2D eigenvalue weighted by Gasteiger charge is -2.16. The van der Waals surface area contributed by atoms with Crippen LogP contribution in [0.3, 0.4) is 0 Å². The Kier molecular flexibility index (Phi) is 4.11. The van der Waals surface area contributed by atoms with E-state index in [1.54, 1.807) is 13.8 Å². The Morgan fingerprint density at radius 3 is 2.40 bits per heavy atom. The van der Waals surface area contributed by atoms with Gasteiger partial charge in [-0.25, -0.2) is 4.72 Å². The fraction of sp³-hybridized carbons (Fsp3) is 1.00. The molecular weight excluding hydrogens is 216 g/mol. The average molecular weight is 236 g/mol. The largest absolute Gasteiger partial charge is 0.396 e. The predicted octanol–water partition coefficient (Wildman–Crippen LogP) is -0.0186. The van der Waals surface area contributed by atoms with Crippen molar-refractivity contribution < 1.29 is 13.5 Å². The molecule has 0 aliphatic heterocycles. The van der Waals surface area contributed by atoms with E-state index >= 15 is 0 Å². The summed E-state index contributed by atoms with van der Waals surface area (Å²) in [5.41, 5.74) is 0.0144. The molecule has 1 fully saturated rings. The smallest absolute Gasteiger partial charge is 0.277 e.